The lowest BCUT2D eigenvalue weighted by Gasteiger charge is -2.07. The lowest BCUT2D eigenvalue weighted by atomic mass is 10.2. The highest BCUT2D eigenvalue weighted by Gasteiger charge is 2.08. The molecule has 0 unspecified atom stereocenters. The first-order chi connectivity index (χ1) is 9.19. The number of rotatable bonds is 6. The Labute approximate surface area is 110 Å². The number of oxazole rings is 1. The Hall–Kier alpha value is -2.50. The first-order valence-corrected chi connectivity index (χ1v) is 5.75. The number of aryl methyl sites for hydroxylation is 1. The summed E-state index contributed by atoms with van der Waals surface area (Å²) in [5.41, 5.74) is 1.33. The minimum Gasteiger partial charge on any atom is -0.495 e. The summed E-state index contributed by atoms with van der Waals surface area (Å²) in [6, 6.07) is 7.68. The van der Waals surface area contributed by atoms with Gasteiger partial charge in [-0.3, -0.25) is 4.79 Å². The second-order valence-electron chi connectivity index (χ2n) is 3.86. The van der Waals surface area contributed by atoms with E-state index in [0.717, 1.165) is 5.69 Å². The van der Waals surface area contributed by atoms with Crippen molar-refractivity contribution in [3.63, 3.8) is 0 Å². The van der Waals surface area contributed by atoms with Crippen molar-refractivity contribution in [2.75, 3.05) is 12.4 Å². The molecule has 0 aliphatic carbocycles. The summed E-state index contributed by atoms with van der Waals surface area (Å²) in [4.78, 5) is 14.6. The maximum Gasteiger partial charge on any atom is 0.303 e. The zero-order valence-corrected chi connectivity index (χ0v) is 10.4. The Morgan fingerprint density at radius 3 is 3.00 bits per heavy atom. The van der Waals surface area contributed by atoms with Crippen molar-refractivity contribution < 1.29 is 19.1 Å². The molecule has 0 aliphatic rings. The predicted octanol–water partition coefficient (Wildman–Crippen LogP) is 2.44. The van der Waals surface area contributed by atoms with Gasteiger partial charge < -0.3 is 19.6 Å². The number of carboxylic acids is 1. The predicted molar refractivity (Wildman–Crippen MR) is 68.7 cm³/mol. The second kappa shape index (κ2) is 5.90. The van der Waals surface area contributed by atoms with Crippen molar-refractivity contribution in [2.45, 2.75) is 12.8 Å². The van der Waals surface area contributed by atoms with Gasteiger partial charge in [-0.25, -0.2) is 0 Å². The molecule has 0 saturated heterocycles. The SMILES string of the molecule is COc1ccccc1Nc1nc(CCC(=O)O)co1. The van der Waals surface area contributed by atoms with E-state index in [9.17, 15) is 4.79 Å². The van der Waals surface area contributed by atoms with E-state index < -0.39 is 5.97 Å². The van der Waals surface area contributed by atoms with Crippen LogP contribution in [0.15, 0.2) is 34.9 Å². The smallest absolute Gasteiger partial charge is 0.303 e. The van der Waals surface area contributed by atoms with Crippen LogP contribution in [0.25, 0.3) is 0 Å². The highest BCUT2D eigenvalue weighted by Crippen LogP contribution is 2.26. The summed E-state index contributed by atoms with van der Waals surface area (Å²) in [6.07, 6.45) is 1.81. The topological polar surface area (TPSA) is 84.6 Å². The number of benzene rings is 1. The standard InChI is InChI=1S/C13H14N2O4/c1-18-11-5-3-2-4-10(11)15-13-14-9(8-19-13)6-7-12(16)17/h2-5,8H,6-7H2,1H3,(H,14,15)(H,16,17). The van der Waals surface area contributed by atoms with Crippen molar-refractivity contribution >= 4 is 17.7 Å². The third-order valence-electron chi connectivity index (χ3n) is 2.50. The van der Waals surface area contributed by atoms with Crippen molar-refractivity contribution in [1.29, 1.82) is 0 Å². The van der Waals surface area contributed by atoms with Gasteiger partial charge in [0, 0.05) is 6.42 Å². The Balaban J connectivity index is 2.05. The molecule has 2 N–H and O–H groups in total. The molecule has 0 atom stereocenters. The molecule has 0 amide bonds. The van der Waals surface area contributed by atoms with E-state index in [1.165, 1.54) is 6.26 Å². The van der Waals surface area contributed by atoms with Gasteiger partial charge in [0.25, 0.3) is 6.01 Å². The number of anilines is 2. The van der Waals surface area contributed by atoms with Gasteiger partial charge in [0.05, 0.1) is 24.9 Å². The molecular formula is C13H14N2O4. The van der Waals surface area contributed by atoms with Gasteiger partial charge in [0.2, 0.25) is 0 Å². The van der Waals surface area contributed by atoms with Crippen LogP contribution in [0.3, 0.4) is 0 Å². The van der Waals surface area contributed by atoms with Crippen LogP contribution in [0.2, 0.25) is 0 Å². The van der Waals surface area contributed by atoms with E-state index in [2.05, 4.69) is 10.3 Å². The number of hydrogen-bond acceptors (Lipinski definition) is 5. The van der Waals surface area contributed by atoms with E-state index in [1.54, 1.807) is 7.11 Å². The summed E-state index contributed by atoms with van der Waals surface area (Å²) in [5, 5.41) is 11.6. The maximum atomic E-state index is 10.5. The van der Waals surface area contributed by atoms with Crippen LogP contribution in [-0.4, -0.2) is 23.2 Å². The lowest BCUT2D eigenvalue weighted by molar-refractivity contribution is -0.136. The van der Waals surface area contributed by atoms with E-state index in [0.29, 0.717) is 23.9 Å². The number of hydrogen-bond donors (Lipinski definition) is 2. The maximum absolute atomic E-state index is 10.5. The van der Waals surface area contributed by atoms with Gasteiger partial charge in [-0.05, 0) is 12.1 Å². The Morgan fingerprint density at radius 2 is 2.26 bits per heavy atom. The first-order valence-electron chi connectivity index (χ1n) is 5.75. The van der Waals surface area contributed by atoms with Crippen LogP contribution in [0.5, 0.6) is 5.75 Å². The molecular weight excluding hydrogens is 248 g/mol. The summed E-state index contributed by atoms with van der Waals surface area (Å²) < 4.78 is 10.4. The molecule has 1 aromatic carbocycles. The highest BCUT2D eigenvalue weighted by molar-refractivity contribution is 5.67. The van der Waals surface area contributed by atoms with Gasteiger partial charge in [-0.15, -0.1) is 0 Å². The van der Waals surface area contributed by atoms with Gasteiger partial charge in [-0.1, -0.05) is 12.1 Å². The largest absolute Gasteiger partial charge is 0.495 e. The van der Waals surface area contributed by atoms with Gasteiger partial charge in [-0.2, -0.15) is 4.98 Å². The van der Waals surface area contributed by atoms with Crippen LogP contribution >= 0.6 is 0 Å². The fraction of sp³-hybridized carbons (Fsp3) is 0.231. The minimum atomic E-state index is -0.859. The molecule has 1 heterocycles. The molecule has 0 bridgehead atoms. The fourth-order valence-corrected chi connectivity index (χ4v) is 1.58. The van der Waals surface area contributed by atoms with Crippen molar-refractivity contribution in [2.24, 2.45) is 0 Å². The van der Waals surface area contributed by atoms with Crippen LogP contribution in [0, 0.1) is 0 Å². The van der Waals surface area contributed by atoms with E-state index >= 15 is 0 Å². The summed E-state index contributed by atoms with van der Waals surface area (Å²) in [5.74, 6) is -0.185. The molecule has 0 saturated carbocycles. The van der Waals surface area contributed by atoms with Crippen LogP contribution in [0.4, 0.5) is 11.7 Å². The number of nitrogens with one attached hydrogen (secondary N) is 1. The molecule has 0 fully saturated rings. The number of aliphatic carboxylic acids is 1. The van der Waals surface area contributed by atoms with E-state index in [1.807, 2.05) is 24.3 Å². The number of carboxylic acid groups (broad SMARTS) is 1. The molecule has 19 heavy (non-hydrogen) atoms. The number of ether oxygens (including phenoxy) is 1. The number of para-hydroxylation sites is 2. The highest BCUT2D eigenvalue weighted by atomic mass is 16.5. The third-order valence-corrected chi connectivity index (χ3v) is 2.50. The number of nitrogens with zero attached hydrogens (tertiary/aromatic N) is 1. The second-order valence-corrected chi connectivity index (χ2v) is 3.86. The quantitative estimate of drug-likeness (QED) is 0.831. The van der Waals surface area contributed by atoms with Crippen LogP contribution < -0.4 is 10.1 Å². The average molecular weight is 262 g/mol. The first kappa shape index (κ1) is 12.9. The fourth-order valence-electron chi connectivity index (χ4n) is 1.58. The molecule has 6 heteroatoms. The molecule has 2 aromatic rings. The van der Waals surface area contributed by atoms with E-state index in [-0.39, 0.29) is 6.42 Å². The van der Waals surface area contributed by atoms with Gasteiger partial charge in [0.15, 0.2) is 0 Å². The Kier molecular flexibility index (Phi) is 4.02. The van der Waals surface area contributed by atoms with Crippen LogP contribution in [0.1, 0.15) is 12.1 Å². The summed E-state index contributed by atoms with van der Waals surface area (Å²) >= 11 is 0. The molecule has 100 valence electrons. The van der Waals surface area contributed by atoms with Gasteiger partial charge in [0.1, 0.15) is 12.0 Å². The van der Waals surface area contributed by atoms with Gasteiger partial charge >= 0.3 is 5.97 Å². The van der Waals surface area contributed by atoms with Crippen molar-refractivity contribution in [1.82, 2.24) is 4.98 Å². The number of aromatic nitrogens is 1. The zero-order chi connectivity index (χ0) is 13.7. The minimum absolute atomic E-state index is 0.0284. The zero-order valence-electron chi connectivity index (χ0n) is 10.4. The molecule has 6 nitrogen and oxygen atoms in total. The summed E-state index contributed by atoms with van der Waals surface area (Å²) in [7, 11) is 1.58. The van der Waals surface area contributed by atoms with Crippen molar-refractivity contribution in [3.05, 3.63) is 36.2 Å². The molecule has 1 aromatic heterocycles. The normalized spacial score (nSPS) is 10.2. The summed E-state index contributed by atoms with van der Waals surface area (Å²) in [6.45, 7) is 0. The Morgan fingerprint density at radius 1 is 1.47 bits per heavy atom. The molecule has 0 spiro atoms. The van der Waals surface area contributed by atoms with E-state index in [4.69, 9.17) is 14.3 Å². The van der Waals surface area contributed by atoms with Crippen molar-refractivity contribution in [3.8, 4) is 5.75 Å². The molecule has 0 radical (unpaired) electrons. The third kappa shape index (κ3) is 3.48. The molecule has 2 rings (SSSR count). The molecule has 0 aliphatic heterocycles. The number of carbonyl (C=O) groups is 1. The number of methoxy groups -OCH3 is 1. The lowest BCUT2D eigenvalue weighted by Crippen LogP contribution is -1.98. The monoisotopic (exact) mass is 262 g/mol. The van der Waals surface area contributed by atoms with Crippen LogP contribution in [-0.2, 0) is 11.2 Å². The average Bonchev–Trinajstić information content (AvgIpc) is 2.85. The Bertz CT molecular complexity index is 565.